The summed E-state index contributed by atoms with van der Waals surface area (Å²) in [6.07, 6.45) is 0. The third-order valence-electron chi connectivity index (χ3n) is 4.34. The summed E-state index contributed by atoms with van der Waals surface area (Å²) in [5.41, 5.74) is 0.162. The molecule has 0 spiro atoms. The molecule has 1 aliphatic carbocycles. The average molecular weight is 350 g/mol. The van der Waals surface area contributed by atoms with E-state index in [4.69, 9.17) is 21.2 Å². The third kappa shape index (κ3) is 2.99. The van der Waals surface area contributed by atoms with Gasteiger partial charge in [-0.3, -0.25) is 9.59 Å². The van der Waals surface area contributed by atoms with E-state index in [0.717, 1.165) is 0 Å². The van der Waals surface area contributed by atoms with Crippen molar-refractivity contribution >= 4 is 23.5 Å². The molecule has 24 heavy (non-hydrogen) atoms. The number of aromatic nitrogens is 2. The van der Waals surface area contributed by atoms with E-state index in [1.54, 1.807) is 38.1 Å². The first-order chi connectivity index (χ1) is 11.3. The smallest absolute Gasteiger partial charge is 0.307 e. The molecule has 0 radical (unpaired) electrons. The van der Waals surface area contributed by atoms with Crippen LogP contribution in [0.25, 0.3) is 11.4 Å². The molecular formula is C16H16ClN3O4. The molecule has 2 N–H and O–H groups in total. The molecule has 8 heteroatoms. The van der Waals surface area contributed by atoms with Crippen LogP contribution in [0.15, 0.2) is 28.8 Å². The second-order valence-electron chi connectivity index (χ2n) is 6.35. The molecule has 1 aromatic carbocycles. The fourth-order valence-electron chi connectivity index (χ4n) is 2.93. The third-order valence-corrected chi connectivity index (χ3v) is 4.58. The maximum absolute atomic E-state index is 12.1. The first kappa shape index (κ1) is 16.4. The minimum atomic E-state index is -0.957. The summed E-state index contributed by atoms with van der Waals surface area (Å²) in [6.45, 7) is 3.57. The van der Waals surface area contributed by atoms with E-state index in [2.05, 4.69) is 15.5 Å². The second kappa shape index (κ2) is 5.90. The zero-order valence-corrected chi connectivity index (χ0v) is 13.9. The predicted molar refractivity (Wildman–Crippen MR) is 85.0 cm³/mol. The number of aliphatic carboxylic acids is 1. The van der Waals surface area contributed by atoms with Gasteiger partial charge in [0.25, 0.3) is 0 Å². The van der Waals surface area contributed by atoms with Gasteiger partial charge in [0.2, 0.25) is 17.6 Å². The normalized spacial score (nSPS) is 21.3. The zero-order chi connectivity index (χ0) is 17.5. The van der Waals surface area contributed by atoms with Crippen LogP contribution in [0.3, 0.4) is 0 Å². The van der Waals surface area contributed by atoms with Gasteiger partial charge in [0.05, 0.1) is 18.4 Å². The number of halogens is 1. The van der Waals surface area contributed by atoms with Gasteiger partial charge in [0.15, 0.2) is 0 Å². The van der Waals surface area contributed by atoms with Gasteiger partial charge in [-0.1, -0.05) is 42.7 Å². The monoisotopic (exact) mass is 349 g/mol. The molecule has 2 aromatic rings. The van der Waals surface area contributed by atoms with E-state index in [-0.39, 0.29) is 18.3 Å². The molecule has 1 saturated carbocycles. The molecule has 3 rings (SSSR count). The summed E-state index contributed by atoms with van der Waals surface area (Å²) < 4.78 is 5.10. The topological polar surface area (TPSA) is 105 Å². The summed E-state index contributed by atoms with van der Waals surface area (Å²) in [6, 6.07) is 7.02. The van der Waals surface area contributed by atoms with Crippen molar-refractivity contribution in [2.75, 3.05) is 0 Å². The van der Waals surface area contributed by atoms with Gasteiger partial charge < -0.3 is 14.9 Å². The Morgan fingerprint density at radius 3 is 2.75 bits per heavy atom. The van der Waals surface area contributed by atoms with Crippen molar-refractivity contribution in [3.05, 3.63) is 35.2 Å². The lowest BCUT2D eigenvalue weighted by Gasteiger charge is -2.02. The minimum Gasteiger partial charge on any atom is -0.481 e. The van der Waals surface area contributed by atoms with Crippen LogP contribution in [0, 0.1) is 17.3 Å². The minimum absolute atomic E-state index is 0.0469. The Morgan fingerprint density at radius 1 is 1.38 bits per heavy atom. The van der Waals surface area contributed by atoms with Crippen molar-refractivity contribution in [3.8, 4) is 11.4 Å². The standard InChI is InChI=1S/C16H16ClN3O4/c1-16(2)11(12(16)15(22)23)14(21)18-7-10-19-13(20-24-10)8-4-3-5-9(17)6-8/h3-6,11-12H,7H2,1-2H3,(H,18,21)(H,22,23)/t11-,12+/m1/s1. The number of rotatable bonds is 5. The Balaban J connectivity index is 1.62. The summed E-state index contributed by atoms with van der Waals surface area (Å²) >= 11 is 5.92. The molecule has 7 nitrogen and oxygen atoms in total. The van der Waals surface area contributed by atoms with E-state index in [1.165, 1.54) is 0 Å². The fraction of sp³-hybridized carbons (Fsp3) is 0.375. The van der Waals surface area contributed by atoms with Gasteiger partial charge in [-0.15, -0.1) is 0 Å². The van der Waals surface area contributed by atoms with Gasteiger partial charge in [0, 0.05) is 10.6 Å². The SMILES string of the molecule is CC1(C)[C@H](C(=O)O)[C@@H]1C(=O)NCc1nc(-c2cccc(Cl)c2)no1. The fourth-order valence-corrected chi connectivity index (χ4v) is 3.12. The average Bonchev–Trinajstić information content (AvgIpc) is 2.88. The highest BCUT2D eigenvalue weighted by molar-refractivity contribution is 6.30. The van der Waals surface area contributed by atoms with E-state index in [1.807, 2.05) is 0 Å². The lowest BCUT2D eigenvalue weighted by atomic mass is 10.1. The maximum atomic E-state index is 12.1. The highest BCUT2D eigenvalue weighted by atomic mass is 35.5. The van der Waals surface area contributed by atoms with Crippen LogP contribution in [0.1, 0.15) is 19.7 Å². The molecular weight excluding hydrogens is 334 g/mol. The Labute approximate surface area is 143 Å². The quantitative estimate of drug-likeness (QED) is 0.858. The molecule has 0 saturated heterocycles. The Kier molecular flexibility index (Phi) is 4.04. The molecule has 0 unspecified atom stereocenters. The number of carbonyl (C=O) groups is 2. The number of benzene rings is 1. The number of hydrogen-bond donors (Lipinski definition) is 2. The molecule has 2 atom stereocenters. The number of amides is 1. The molecule has 1 amide bonds. The molecule has 0 aliphatic heterocycles. The van der Waals surface area contributed by atoms with Crippen LogP contribution in [0.2, 0.25) is 5.02 Å². The van der Waals surface area contributed by atoms with E-state index >= 15 is 0 Å². The van der Waals surface area contributed by atoms with E-state index < -0.39 is 23.2 Å². The van der Waals surface area contributed by atoms with Crippen LogP contribution in [0.5, 0.6) is 0 Å². The molecule has 1 aliphatic rings. The van der Waals surface area contributed by atoms with Crippen molar-refractivity contribution in [1.82, 2.24) is 15.5 Å². The van der Waals surface area contributed by atoms with Crippen LogP contribution in [0.4, 0.5) is 0 Å². The Morgan fingerprint density at radius 2 is 2.12 bits per heavy atom. The highest BCUT2D eigenvalue weighted by Crippen LogP contribution is 2.58. The summed E-state index contributed by atoms with van der Waals surface area (Å²) in [7, 11) is 0. The maximum Gasteiger partial charge on any atom is 0.307 e. The zero-order valence-electron chi connectivity index (χ0n) is 13.1. The van der Waals surface area contributed by atoms with Crippen molar-refractivity contribution in [3.63, 3.8) is 0 Å². The first-order valence-electron chi connectivity index (χ1n) is 7.39. The highest BCUT2D eigenvalue weighted by Gasteiger charge is 2.65. The van der Waals surface area contributed by atoms with Crippen molar-refractivity contribution in [2.45, 2.75) is 20.4 Å². The van der Waals surface area contributed by atoms with E-state index in [9.17, 15) is 9.59 Å². The lowest BCUT2D eigenvalue weighted by Crippen LogP contribution is -2.27. The molecule has 126 valence electrons. The van der Waals surface area contributed by atoms with Crippen molar-refractivity contribution < 1.29 is 19.2 Å². The second-order valence-corrected chi connectivity index (χ2v) is 6.79. The number of carbonyl (C=O) groups excluding carboxylic acids is 1. The van der Waals surface area contributed by atoms with Crippen molar-refractivity contribution in [2.24, 2.45) is 17.3 Å². The Hall–Kier alpha value is -2.41. The van der Waals surface area contributed by atoms with Gasteiger partial charge in [0.1, 0.15) is 0 Å². The molecule has 1 aromatic heterocycles. The van der Waals surface area contributed by atoms with Gasteiger partial charge in [-0.2, -0.15) is 4.98 Å². The summed E-state index contributed by atoms with van der Waals surface area (Å²) in [5.74, 6) is -1.89. The summed E-state index contributed by atoms with van der Waals surface area (Å²) in [5, 5.41) is 16.2. The number of carboxylic acids is 1. The number of nitrogens with one attached hydrogen (secondary N) is 1. The van der Waals surface area contributed by atoms with Gasteiger partial charge in [-0.05, 0) is 17.5 Å². The molecule has 1 heterocycles. The van der Waals surface area contributed by atoms with Crippen molar-refractivity contribution in [1.29, 1.82) is 0 Å². The Bertz CT molecular complexity index is 802. The number of hydrogen-bond acceptors (Lipinski definition) is 5. The van der Waals surface area contributed by atoms with Gasteiger partial charge in [-0.25, -0.2) is 0 Å². The van der Waals surface area contributed by atoms with Crippen LogP contribution < -0.4 is 5.32 Å². The predicted octanol–water partition coefficient (Wildman–Crippen LogP) is 2.36. The largest absolute Gasteiger partial charge is 0.481 e. The number of carboxylic acid groups (broad SMARTS) is 1. The first-order valence-corrected chi connectivity index (χ1v) is 7.77. The van der Waals surface area contributed by atoms with Crippen LogP contribution in [-0.2, 0) is 16.1 Å². The number of nitrogens with zero attached hydrogens (tertiary/aromatic N) is 2. The van der Waals surface area contributed by atoms with Crippen LogP contribution >= 0.6 is 11.6 Å². The lowest BCUT2D eigenvalue weighted by molar-refractivity contribution is -0.140. The summed E-state index contributed by atoms with van der Waals surface area (Å²) in [4.78, 5) is 27.5. The van der Waals surface area contributed by atoms with E-state index in [0.29, 0.717) is 16.4 Å². The molecule has 1 fully saturated rings. The van der Waals surface area contributed by atoms with Gasteiger partial charge >= 0.3 is 5.97 Å². The molecule has 0 bridgehead atoms. The van der Waals surface area contributed by atoms with Crippen LogP contribution in [-0.4, -0.2) is 27.1 Å².